The summed E-state index contributed by atoms with van der Waals surface area (Å²) in [5, 5.41) is -0.113. The van der Waals surface area contributed by atoms with E-state index in [2.05, 4.69) is 55.8 Å². The minimum absolute atomic E-state index is 0.113. The molecule has 0 radical (unpaired) electrons. The lowest BCUT2D eigenvalue weighted by Crippen LogP contribution is -2.05. The monoisotopic (exact) mass is 348 g/mol. The number of para-hydroxylation sites is 2. The van der Waals surface area contributed by atoms with Gasteiger partial charge in [-0.3, -0.25) is 0 Å². The fourth-order valence-electron chi connectivity index (χ4n) is 2.34. The van der Waals surface area contributed by atoms with Crippen molar-refractivity contribution in [3.8, 4) is 0 Å². The average molecular weight is 350 g/mol. The van der Waals surface area contributed by atoms with Gasteiger partial charge in [-0.2, -0.15) is 0 Å². The van der Waals surface area contributed by atoms with Gasteiger partial charge in [0.25, 0.3) is 0 Å². The lowest BCUT2D eigenvalue weighted by Gasteiger charge is -2.10. The van der Waals surface area contributed by atoms with Crippen LogP contribution in [0, 0.1) is 0 Å². The number of halogens is 2. The van der Waals surface area contributed by atoms with Crippen molar-refractivity contribution in [1.29, 1.82) is 0 Å². The van der Waals surface area contributed by atoms with Gasteiger partial charge in [-0.05, 0) is 36.8 Å². The van der Waals surface area contributed by atoms with E-state index in [1.165, 1.54) is 5.56 Å². The lowest BCUT2D eigenvalue weighted by atomic mass is 10.2. The van der Waals surface area contributed by atoms with E-state index in [1.54, 1.807) is 0 Å². The van der Waals surface area contributed by atoms with E-state index >= 15 is 0 Å². The van der Waals surface area contributed by atoms with Gasteiger partial charge >= 0.3 is 0 Å². The summed E-state index contributed by atoms with van der Waals surface area (Å²) in [5.74, 6) is 0.913. The van der Waals surface area contributed by atoms with Crippen LogP contribution in [0.1, 0.15) is 23.7 Å². The summed E-state index contributed by atoms with van der Waals surface area (Å²) < 4.78 is 3.28. The Morgan fingerprint density at radius 3 is 2.55 bits per heavy atom. The number of hydrogen-bond acceptors (Lipinski definition) is 1. The van der Waals surface area contributed by atoms with Crippen molar-refractivity contribution in [2.75, 3.05) is 0 Å². The van der Waals surface area contributed by atoms with Crippen molar-refractivity contribution in [3.63, 3.8) is 0 Å². The number of nitrogens with zero attached hydrogens (tertiary/aromatic N) is 2. The van der Waals surface area contributed by atoms with Crippen molar-refractivity contribution >= 4 is 38.6 Å². The number of imidazole rings is 1. The summed E-state index contributed by atoms with van der Waals surface area (Å²) in [6.45, 7) is 2.74. The minimum Gasteiger partial charge on any atom is -0.322 e. The molecule has 0 aliphatic heterocycles. The quantitative estimate of drug-likeness (QED) is 0.598. The first-order valence-corrected chi connectivity index (χ1v) is 7.72. The summed E-state index contributed by atoms with van der Waals surface area (Å²) in [6.07, 6.45) is 0. The molecule has 4 heteroatoms. The number of alkyl halides is 1. The molecule has 2 aromatic carbocycles. The highest BCUT2D eigenvalue weighted by Crippen LogP contribution is 2.25. The Labute approximate surface area is 131 Å². The Morgan fingerprint density at radius 2 is 1.85 bits per heavy atom. The van der Waals surface area contributed by atoms with Crippen LogP contribution in [-0.4, -0.2) is 9.55 Å². The first kappa shape index (κ1) is 13.7. The van der Waals surface area contributed by atoms with Gasteiger partial charge in [-0.15, -0.1) is 11.6 Å². The van der Waals surface area contributed by atoms with Gasteiger partial charge in [0, 0.05) is 11.0 Å². The molecule has 0 bridgehead atoms. The molecule has 0 amide bonds. The second-order valence-electron chi connectivity index (χ2n) is 4.79. The molecule has 0 aliphatic carbocycles. The molecule has 2 nitrogen and oxygen atoms in total. The number of rotatable bonds is 3. The molecule has 0 aliphatic rings. The molecule has 1 aromatic heterocycles. The Balaban J connectivity index is 2.09. The third-order valence-corrected chi connectivity index (χ3v) is 4.02. The second-order valence-corrected chi connectivity index (χ2v) is 6.36. The molecule has 20 heavy (non-hydrogen) atoms. The van der Waals surface area contributed by atoms with Crippen LogP contribution in [0.5, 0.6) is 0 Å². The van der Waals surface area contributed by atoms with Crippen molar-refractivity contribution in [1.82, 2.24) is 9.55 Å². The first-order valence-electron chi connectivity index (χ1n) is 6.49. The summed E-state index contributed by atoms with van der Waals surface area (Å²) in [5.41, 5.74) is 3.35. The van der Waals surface area contributed by atoms with Gasteiger partial charge in [-0.1, -0.05) is 40.2 Å². The van der Waals surface area contributed by atoms with E-state index in [4.69, 9.17) is 11.6 Å². The molecule has 1 heterocycles. The second kappa shape index (κ2) is 5.58. The van der Waals surface area contributed by atoms with Crippen molar-refractivity contribution < 1.29 is 0 Å². The SMILES string of the molecule is CC(Cl)c1nc2ccccc2n1Cc1ccc(Br)cc1. The Kier molecular flexibility index (Phi) is 3.81. The van der Waals surface area contributed by atoms with Crippen LogP contribution < -0.4 is 0 Å². The number of hydrogen-bond donors (Lipinski definition) is 0. The number of fused-ring (bicyclic) bond motifs is 1. The number of benzene rings is 2. The van der Waals surface area contributed by atoms with Gasteiger partial charge in [0.1, 0.15) is 5.82 Å². The average Bonchev–Trinajstić information content (AvgIpc) is 2.81. The van der Waals surface area contributed by atoms with Gasteiger partial charge < -0.3 is 4.57 Å². The van der Waals surface area contributed by atoms with Crippen LogP contribution in [0.3, 0.4) is 0 Å². The highest BCUT2D eigenvalue weighted by atomic mass is 79.9. The summed E-state index contributed by atoms with van der Waals surface area (Å²) in [4.78, 5) is 4.65. The van der Waals surface area contributed by atoms with Gasteiger partial charge in [0.2, 0.25) is 0 Å². The molecular weight excluding hydrogens is 336 g/mol. The smallest absolute Gasteiger partial charge is 0.128 e. The maximum absolute atomic E-state index is 6.28. The van der Waals surface area contributed by atoms with Crippen molar-refractivity contribution in [3.05, 3.63) is 64.4 Å². The molecule has 1 unspecified atom stereocenters. The van der Waals surface area contributed by atoms with E-state index in [0.29, 0.717) is 0 Å². The van der Waals surface area contributed by atoms with Crippen LogP contribution in [-0.2, 0) is 6.54 Å². The van der Waals surface area contributed by atoms with Crippen LogP contribution in [0.15, 0.2) is 53.0 Å². The fraction of sp³-hybridized carbons (Fsp3) is 0.188. The van der Waals surface area contributed by atoms with Crippen LogP contribution in [0.4, 0.5) is 0 Å². The largest absolute Gasteiger partial charge is 0.322 e. The zero-order valence-corrected chi connectivity index (χ0v) is 13.4. The van der Waals surface area contributed by atoms with Crippen molar-refractivity contribution in [2.45, 2.75) is 18.8 Å². The van der Waals surface area contributed by atoms with E-state index < -0.39 is 0 Å². The first-order chi connectivity index (χ1) is 9.65. The Hall–Kier alpha value is -1.32. The van der Waals surface area contributed by atoms with E-state index in [1.807, 2.05) is 25.1 Å². The molecule has 1 atom stereocenters. The highest BCUT2D eigenvalue weighted by Gasteiger charge is 2.14. The summed E-state index contributed by atoms with van der Waals surface area (Å²) in [6, 6.07) is 16.5. The third-order valence-electron chi connectivity index (χ3n) is 3.29. The van der Waals surface area contributed by atoms with Gasteiger partial charge in [-0.25, -0.2) is 4.98 Å². The maximum atomic E-state index is 6.28. The van der Waals surface area contributed by atoms with Crippen LogP contribution in [0.2, 0.25) is 0 Å². The molecule has 102 valence electrons. The standard InChI is InChI=1S/C16H14BrClN2/c1-11(18)16-19-14-4-2-3-5-15(14)20(16)10-12-6-8-13(17)9-7-12/h2-9,11H,10H2,1H3. The topological polar surface area (TPSA) is 17.8 Å². The molecule has 0 spiro atoms. The fourth-order valence-corrected chi connectivity index (χ4v) is 2.77. The Bertz CT molecular complexity index is 732. The molecule has 0 saturated heterocycles. The van der Waals surface area contributed by atoms with E-state index in [0.717, 1.165) is 27.9 Å². The molecule has 0 N–H and O–H groups in total. The van der Waals surface area contributed by atoms with E-state index in [-0.39, 0.29) is 5.38 Å². The third kappa shape index (κ3) is 2.60. The number of aromatic nitrogens is 2. The van der Waals surface area contributed by atoms with E-state index in [9.17, 15) is 0 Å². The van der Waals surface area contributed by atoms with Gasteiger partial charge in [0.05, 0.1) is 16.4 Å². The molecular formula is C16H14BrClN2. The predicted octanol–water partition coefficient (Wildman–Crippen LogP) is 5.15. The molecule has 3 aromatic rings. The molecule has 3 rings (SSSR count). The lowest BCUT2D eigenvalue weighted by molar-refractivity contribution is 0.742. The molecule has 0 saturated carbocycles. The highest BCUT2D eigenvalue weighted by molar-refractivity contribution is 9.10. The minimum atomic E-state index is -0.113. The zero-order chi connectivity index (χ0) is 14.1. The normalized spacial score (nSPS) is 12.8. The Morgan fingerprint density at radius 1 is 1.15 bits per heavy atom. The van der Waals surface area contributed by atoms with Crippen LogP contribution >= 0.6 is 27.5 Å². The van der Waals surface area contributed by atoms with Crippen LogP contribution in [0.25, 0.3) is 11.0 Å². The predicted molar refractivity (Wildman–Crippen MR) is 87.2 cm³/mol. The summed E-state index contributed by atoms with van der Waals surface area (Å²) >= 11 is 9.74. The molecule has 0 fully saturated rings. The summed E-state index contributed by atoms with van der Waals surface area (Å²) in [7, 11) is 0. The maximum Gasteiger partial charge on any atom is 0.128 e. The van der Waals surface area contributed by atoms with Crippen molar-refractivity contribution in [2.24, 2.45) is 0 Å². The van der Waals surface area contributed by atoms with Gasteiger partial charge in [0.15, 0.2) is 0 Å². The zero-order valence-electron chi connectivity index (χ0n) is 11.1.